The highest BCUT2D eigenvalue weighted by atomic mass is 19.1. The van der Waals surface area contributed by atoms with Crippen LogP contribution in [0.15, 0.2) is 24.5 Å². The molecule has 0 radical (unpaired) electrons. The summed E-state index contributed by atoms with van der Waals surface area (Å²) < 4.78 is 15.5. The van der Waals surface area contributed by atoms with Crippen molar-refractivity contribution in [3.63, 3.8) is 0 Å². The lowest BCUT2D eigenvalue weighted by molar-refractivity contribution is -0.124. The van der Waals surface area contributed by atoms with Crippen molar-refractivity contribution in [2.24, 2.45) is 17.8 Å². The fourth-order valence-electron chi connectivity index (χ4n) is 3.70. The van der Waals surface area contributed by atoms with Crippen LogP contribution in [0.4, 0.5) is 4.39 Å². The second kappa shape index (κ2) is 4.52. The van der Waals surface area contributed by atoms with Gasteiger partial charge in [-0.3, -0.25) is 9.20 Å². The van der Waals surface area contributed by atoms with Crippen molar-refractivity contribution < 1.29 is 9.18 Å². The second-order valence-corrected chi connectivity index (χ2v) is 6.82. The van der Waals surface area contributed by atoms with Gasteiger partial charge in [0, 0.05) is 12.1 Å². The third-order valence-electron chi connectivity index (χ3n) is 4.91. The Morgan fingerprint density at radius 2 is 2.18 bits per heavy atom. The topological polar surface area (TPSA) is 58.4 Å². The summed E-state index contributed by atoms with van der Waals surface area (Å²) in [6.07, 6.45) is 3.28. The van der Waals surface area contributed by atoms with Gasteiger partial charge in [-0.25, -0.2) is 9.37 Å². The fraction of sp³-hybridized carbons (Fsp3) is 0.500. The predicted octanol–water partition coefficient (Wildman–Crippen LogP) is 1.29. The summed E-state index contributed by atoms with van der Waals surface area (Å²) in [7, 11) is 0. The summed E-state index contributed by atoms with van der Waals surface area (Å²) >= 11 is 0. The molecule has 2 aromatic heterocycles. The highest BCUT2D eigenvalue weighted by Gasteiger charge is 2.57. The maximum absolute atomic E-state index is 13.8. The van der Waals surface area contributed by atoms with Gasteiger partial charge in [0.25, 0.3) is 0 Å². The maximum atomic E-state index is 13.8. The number of imidazole rings is 1. The number of nitrogens with zero attached hydrogens (tertiary/aromatic N) is 2. The number of aromatic nitrogens is 2. The molecule has 6 heteroatoms. The van der Waals surface area contributed by atoms with E-state index in [4.69, 9.17) is 0 Å². The van der Waals surface area contributed by atoms with E-state index in [9.17, 15) is 9.18 Å². The minimum atomic E-state index is -0.651. The van der Waals surface area contributed by atoms with Crippen LogP contribution < -0.4 is 10.6 Å². The van der Waals surface area contributed by atoms with Crippen LogP contribution in [0.1, 0.15) is 19.7 Å². The molecule has 4 rings (SSSR count). The van der Waals surface area contributed by atoms with Crippen molar-refractivity contribution in [3.8, 4) is 0 Å². The first-order valence-corrected chi connectivity index (χ1v) is 7.64. The molecule has 2 fully saturated rings. The van der Waals surface area contributed by atoms with Gasteiger partial charge in [-0.15, -0.1) is 0 Å². The number of carbonyl (C=O) groups excluding carboxylic acids is 1. The zero-order chi connectivity index (χ0) is 15.5. The van der Waals surface area contributed by atoms with Gasteiger partial charge in [-0.05, 0) is 50.9 Å². The Morgan fingerprint density at radius 3 is 2.91 bits per heavy atom. The number of amides is 1. The molecule has 2 N–H and O–H groups in total. The van der Waals surface area contributed by atoms with Crippen molar-refractivity contribution in [2.45, 2.75) is 19.4 Å². The Labute approximate surface area is 127 Å². The molecule has 3 heterocycles. The van der Waals surface area contributed by atoms with Crippen LogP contribution in [0.5, 0.6) is 0 Å². The van der Waals surface area contributed by atoms with Crippen molar-refractivity contribution in [1.29, 1.82) is 0 Å². The number of carbonyl (C=O) groups is 1. The summed E-state index contributed by atoms with van der Waals surface area (Å²) in [5, 5.41) is 6.38. The van der Waals surface area contributed by atoms with Crippen LogP contribution in [0, 0.1) is 23.6 Å². The molecular formula is C16H19FN4O. The summed E-state index contributed by atoms with van der Waals surface area (Å²) in [5.74, 6) is 1.47. The van der Waals surface area contributed by atoms with Gasteiger partial charge in [0.2, 0.25) is 5.91 Å². The number of piperidine rings is 1. The molecular weight excluding hydrogens is 283 g/mol. The molecule has 0 unspecified atom stereocenters. The monoisotopic (exact) mass is 302 g/mol. The summed E-state index contributed by atoms with van der Waals surface area (Å²) in [4.78, 5) is 16.8. The molecule has 1 aliphatic carbocycles. The number of nitrogens with one attached hydrogen (secondary N) is 2. The molecule has 2 aliphatic rings. The van der Waals surface area contributed by atoms with E-state index in [1.165, 1.54) is 12.3 Å². The Balaban J connectivity index is 1.59. The van der Waals surface area contributed by atoms with E-state index in [-0.39, 0.29) is 17.6 Å². The average molecular weight is 302 g/mol. The lowest BCUT2D eigenvalue weighted by Gasteiger charge is -2.25. The molecule has 1 amide bonds. The van der Waals surface area contributed by atoms with Crippen molar-refractivity contribution in [3.05, 3.63) is 36.2 Å². The number of pyridine rings is 1. The highest BCUT2D eigenvalue weighted by molar-refractivity contribution is 5.83. The van der Waals surface area contributed by atoms with E-state index in [0.717, 1.165) is 13.1 Å². The molecule has 5 nitrogen and oxygen atoms in total. The number of hydrogen-bond donors (Lipinski definition) is 2. The number of halogens is 1. The highest BCUT2D eigenvalue weighted by Crippen LogP contribution is 2.49. The van der Waals surface area contributed by atoms with E-state index in [1.54, 1.807) is 16.7 Å². The van der Waals surface area contributed by atoms with Crippen LogP contribution in [0.3, 0.4) is 0 Å². The first-order valence-electron chi connectivity index (χ1n) is 7.64. The van der Waals surface area contributed by atoms with E-state index in [2.05, 4.69) is 15.6 Å². The molecule has 22 heavy (non-hydrogen) atoms. The minimum absolute atomic E-state index is 0.0784. The first kappa shape index (κ1) is 13.7. The van der Waals surface area contributed by atoms with Crippen molar-refractivity contribution in [1.82, 2.24) is 20.0 Å². The fourth-order valence-corrected chi connectivity index (χ4v) is 3.70. The number of fused-ring (bicyclic) bond motifs is 2. The van der Waals surface area contributed by atoms with Crippen LogP contribution in [-0.2, 0) is 10.3 Å². The summed E-state index contributed by atoms with van der Waals surface area (Å²) in [6, 6.07) is 3.05. The largest absolute Gasteiger partial charge is 0.344 e. The van der Waals surface area contributed by atoms with E-state index in [0.29, 0.717) is 23.2 Å². The van der Waals surface area contributed by atoms with Crippen molar-refractivity contribution >= 4 is 11.4 Å². The van der Waals surface area contributed by atoms with Gasteiger partial charge in [0.05, 0.1) is 11.7 Å². The van der Waals surface area contributed by atoms with Gasteiger partial charge < -0.3 is 10.6 Å². The average Bonchev–Trinajstić information content (AvgIpc) is 2.85. The molecule has 0 bridgehead atoms. The first-order chi connectivity index (χ1) is 10.5. The standard InChI is InChI=1S/C16H19FN4O/c1-16(2,20-14(22)13-9-6-18-7-10(9)13)15-19-8-12-11(17)4-3-5-21(12)15/h3-5,8-10,13,18H,6-7H2,1-2H3,(H,20,22)/t9-,10+,13+. The van der Waals surface area contributed by atoms with Crippen LogP contribution >= 0.6 is 0 Å². The van der Waals surface area contributed by atoms with Crippen molar-refractivity contribution in [2.75, 3.05) is 13.1 Å². The van der Waals surface area contributed by atoms with Gasteiger partial charge >= 0.3 is 0 Å². The van der Waals surface area contributed by atoms with E-state index < -0.39 is 5.54 Å². The van der Waals surface area contributed by atoms with Crippen LogP contribution in [-0.4, -0.2) is 28.4 Å². The minimum Gasteiger partial charge on any atom is -0.344 e. The van der Waals surface area contributed by atoms with Gasteiger partial charge in [0.1, 0.15) is 17.2 Å². The molecule has 1 saturated carbocycles. The lowest BCUT2D eigenvalue weighted by atomic mass is 10.0. The van der Waals surface area contributed by atoms with Crippen LogP contribution in [0.25, 0.3) is 5.52 Å². The molecule has 1 aliphatic heterocycles. The maximum Gasteiger partial charge on any atom is 0.224 e. The molecule has 0 aromatic carbocycles. The molecule has 1 saturated heterocycles. The van der Waals surface area contributed by atoms with Gasteiger partial charge in [-0.2, -0.15) is 0 Å². The Hall–Kier alpha value is -1.95. The van der Waals surface area contributed by atoms with E-state index >= 15 is 0 Å². The smallest absolute Gasteiger partial charge is 0.224 e. The third-order valence-corrected chi connectivity index (χ3v) is 4.91. The third kappa shape index (κ3) is 1.94. The predicted molar refractivity (Wildman–Crippen MR) is 79.7 cm³/mol. The summed E-state index contributed by atoms with van der Waals surface area (Å²) in [6.45, 7) is 5.67. The SMILES string of the molecule is CC(C)(NC(=O)[C@H]1[C@@H]2CNC[C@@H]21)c1ncc2c(F)cccn12. The zero-order valence-corrected chi connectivity index (χ0v) is 12.6. The number of hydrogen-bond acceptors (Lipinski definition) is 3. The Bertz CT molecular complexity index is 744. The Morgan fingerprint density at radius 1 is 1.45 bits per heavy atom. The molecule has 116 valence electrons. The van der Waals surface area contributed by atoms with Crippen LogP contribution in [0.2, 0.25) is 0 Å². The quantitative estimate of drug-likeness (QED) is 0.898. The summed E-state index contributed by atoms with van der Waals surface area (Å²) in [5.41, 5.74) is -0.228. The normalized spacial score (nSPS) is 27.0. The Kier molecular flexibility index (Phi) is 2.81. The second-order valence-electron chi connectivity index (χ2n) is 6.82. The lowest BCUT2D eigenvalue weighted by Crippen LogP contribution is -2.44. The molecule has 2 aromatic rings. The molecule has 0 spiro atoms. The number of rotatable bonds is 3. The van der Waals surface area contributed by atoms with Gasteiger partial charge in [0.15, 0.2) is 0 Å². The molecule has 3 atom stereocenters. The van der Waals surface area contributed by atoms with Gasteiger partial charge in [-0.1, -0.05) is 0 Å². The zero-order valence-electron chi connectivity index (χ0n) is 12.6. The van der Waals surface area contributed by atoms with E-state index in [1.807, 2.05) is 13.8 Å².